The van der Waals surface area contributed by atoms with Crippen LogP contribution in [0.3, 0.4) is 0 Å². The summed E-state index contributed by atoms with van der Waals surface area (Å²) in [6, 6.07) is 0.627. The van der Waals surface area contributed by atoms with Crippen LogP contribution in [0, 0.1) is 0 Å². The highest BCUT2D eigenvalue weighted by Crippen LogP contribution is 2.19. The molecule has 5 nitrogen and oxygen atoms in total. The summed E-state index contributed by atoms with van der Waals surface area (Å²) in [6.07, 6.45) is -4.44. The number of anilines is 1. The van der Waals surface area contributed by atoms with Gasteiger partial charge in [0.15, 0.2) is 0 Å². The molecule has 0 saturated carbocycles. The molecule has 0 fully saturated rings. The molecule has 0 bridgehead atoms. The first-order valence-corrected chi connectivity index (χ1v) is 4.89. The first kappa shape index (κ1) is 13.3. The lowest BCUT2D eigenvalue weighted by atomic mass is 10.2. The highest BCUT2D eigenvalue weighted by molar-refractivity contribution is 5.93. The zero-order valence-electron chi connectivity index (χ0n) is 9.38. The fraction of sp³-hybridized carbons (Fsp3) is 0.556. The number of amides is 1. The Morgan fingerprint density at radius 1 is 1.59 bits per heavy atom. The van der Waals surface area contributed by atoms with Crippen LogP contribution in [0.1, 0.15) is 24.3 Å². The van der Waals surface area contributed by atoms with Crippen LogP contribution in [0.15, 0.2) is 6.07 Å². The van der Waals surface area contributed by atoms with Crippen LogP contribution in [-0.2, 0) is 0 Å². The van der Waals surface area contributed by atoms with E-state index < -0.39 is 24.7 Å². The first-order chi connectivity index (χ1) is 7.70. The van der Waals surface area contributed by atoms with Gasteiger partial charge in [0.2, 0.25) is 0 Å². The molecule has 0 aliphatic heterocycles. The number of rotatable bonds is 3. The van der Waals surface area contributed by atoms with E-state index in [1.807, 2.05) is 0 Å². The van der Waals surface area contributed by atoms with E-state index in [1.165, 1.54) is 19.9 Å². The number of carbonyl (C=O) groups is 1. The SMILES string of the molecule is CC(C)N(CC(F)(F)F)C(=O)c1cc(N)n[nH]1. The molecule has 1 aromatic heterocycles. The Bertz CT molecular complexity index is 399. The summed E-state index contributed by atoms with van der Waals surface area (Å²) >= 11 is 0. The molecular weight excluding hydrogens is 237 g/mol. The van der Waals surface area contributed by atoms with Crippen LogP contribution >= 0.6 is 0 Å². The molecule has 0 atom stereocenters. The van der Waals surface area contributed by atoms with Gasteiger partial charge >= 0.3 is 6.18 Å². The molecule has 3 N–H and O–H groups in total. The molecule has 0 saturated heterocycles. The molecule has 8 heteroatoms. The van der Waals surface area contributed by atoms with Gasteiger partial charge in [0.05, 0.1) is 0 Å². The first-order valence-electron chi connectivity index (χ1n) is 4.89. The van der Waals surface area contributed by atoms with Crippen molar-refractivity contribution >= 4 is 11.7 Å². The number of hydrogen-bond donors (Lipinski definition) is 2. The summed E-state index contributed by atoms with van der Waals surface area (Å²) in [5.74, 6) is -0.717. The number of alkyl halides is 3. The third kappa shape index (κ3) is 3.65. The fourth-order valence-electron chi connectivity index (χ4n) is 1.28. The highest BCUT2D eigenvalue weighted by atomic mass is 19.4. The number of nitrogens with one attached hydrogen (secondary N) is 1. The molecule has 0 aromatic carbocycles. The molecule has 0 spiro atoms. The van der Waals surface area contributed by atoms with Gasteiger partial charge in [-0.15, -0.1) is 0 Å². The molecule has 1 aromatic rings. The van der Waals surface area contributed by atoms with Crippen LogP contribution in [0.2, 0.25) is 0 Å². The van der Waals surface area contributed by atoms with Gasteiger partial charge in [-0.1, -0.05) is 0 Å². The summed E-state index contributed by atoms with van der Waals surface area (Å²) in [4.78, 5) is 12.5. The average Bonchev–Trinajstić information content (AvgIpc) is 2.58. The van der Waals surface area contributed by atoms with Crippen LogP contribution < -0.4 is 5.73 Å². The van der Waals surface area contributed by atoms with Crippen molar-refractivity contribution in [3.8, 4) is 0 Å². The second-order valence-corrected chi connectivity index (χ2v) is 3.85. The van der Waals surface area contributed by atoms with E-state index in [2.05, 4.69) is 10.2 Å². The number of nitrogens with two attached hydrogens (primary N) is 1. The van der Waals surface area contributed by atoms with Crippen molar-refractivity contribution in [2.24, 2.45) is 0 Å². The van der Waals surface area contributed by atoms with Gasteiger partial charge in [-0.25, -0.2) is 0 Å². The number of H-pyrrole nitrogens is 1. The van der Waals surface area contributed by atoms with Crippen molar-refractivity contribution < 1.29 is 18.0 Å². The number of aromatic amines is 1. The predicted octanol–water partition coefficient (Wildman–Crippen LogP) is 1.40. The van der Waals surface area contributed by atoms with E-state index in [1.54, 1.807) is 0 Å². The summed E-state index contributed by atoms with van der Waals surface area (Å²) in [6.45, 7) is 1.70. The molecule has 17 heavy (non-hydrogen) atoms. The lowest BCUT2D eigenvalue weighted by Crippen LogP contribution is -2.43. The highest BCUT2D eigenvalue weighted by Gasteiger charge is 2.35. The van der Waals surface area contributed by atoms with Crippen molar-refractivity contribution in [3.05, 3.63) is 11.8 Å². The van der Waals surface area contributed by atoms with Crippen molar-refractivity contribution in [1.29, 1.82) is 0 Å². The van der Waals surface area contributed by atoms with E-state index >= 15 is 0 Å². The third-order valence-corrected chi connectivity index (χ3v) is 2.06. The van der Waals surface area contributed by atoms with Gasteiger partial charge in [-0.3, -0.25) is 9.89 Å². The van der Waals surface area contributed by atoms with E-state index in [0.29, 0.717) is 4.90 Å². The summed E-state index contributed by atoms with van der Waals surface area (Å²) in [7, 11) is 0. The Morgan fingerprint density at radius 3 is 2.53 bits per heavy atom. The molecule has 1 rings (SSSR count). The number of carbonyl (C=O) groups excluding carboxylic acids is 1. The van der Waals surface area contributed by atoms with E-state index in [-0.39, 0.29) is 11.5 Å². The fourth-order valence-corrected chi connectivity index (χ4v) is 1.28. The smallest absolute Gasteiger partial charge is 0.382 e. The second-order valence-electron chi connectivity index (χ2n) is 3.85. The zero-order valence-corrected chi connectivity index (χ0v) is 9.38. The van der Waals surface area contributed by atoms with Gasteiger partial charge in [0.1, 0.15) is 18.1 Å². The standard InChI is InChI=1S/C9H13F3N4O/c1-5(2)16(4-9(10,11)12)8(17)6-3-7(13)15-14-6/h3,5H,4H2,1-2H3,(H3,13,14,15). The van der Waals surface area contributed by atoms with Crippen LogP contribution in [-0.4, -0.2) is 39.8 Å². The topological polar surface area (TPSA) is 75.0 Å². The molecule has 0 aliphatic rings. The largest absolute Gasteiger partial charge is 0.406 e. The maximum atomic E-state index is 12.3. The Hall–Kier alpha value is -1.73. The lowest BCUT2D eigenvalue weighted by Gasteiger charge is -2.27. The van der Waals surface area contributed by atoms with Crippen molar-refractivity contribution in [3.63, 3.8) is 0 Å². The Morgan fingerprint density at radius 2 is 2.18 bits per heavy atom. The van der Waals surface area contributed by atoms with Gasteiger partial charge in [0.25, 0.3) is 5.91 Å². The zero-order chi connectivity index (χ0) is 13.2. The summed E-state index contributed by atoms with van der Waals surface area (Å²) in [5.41, 5.74) is 5.23. The molecule has 1 heterocycles. The minimum atomic E-state index is -4.44. The number of aromatic nitrogens is 2. The van der Waals surface area contributed by atoms with Crippen molar-refractivity contribution in [1.82, 2.24) is 15.1 Å². The number of nitrogens with zero attached hydrogens (tertiary/aromatic N) is 2. The number of halogens is 3. The minimum absolute atomic E-state index is 0.0551. The summed E-state index contributed by atoms with van der Waals surface area (Å²) < 4.78 is 36.9. The third-order valence-electron chi connectivity index (χ3n) is 2.06. The van der Waals surface area contributed by atoms with E-state index in [4.69, 9.17) is 5.73 Å². The Balaban J connectivity index is 2.88. The maximum Gasteiger partial charge on any atom is 0.406 e. The van der Waals surface area contributed by atoms with Crippen LogP contribution in [0.4, 0.5) is 19.0 Å². The molecule has 0 radical (unpaired) electrons. The molecule has 0 unspecified atom stereocenters. The van der Waals surface area contributed by atoms with Gasteiger partial charge in [0, 0.05) is 12.1 Å². The van der Waals surface area contributed by atoms with Crippen LogP contribution in [0.25, 0.3) is 0 Å². The molecule has 1 amide bonds. The molecule has 0 aliphatic carbocycles. The van der Waals surface area contributed by atoms with Crippen molar-refractivity contribution in [2.45, 2.75) is 26.1 Å². The molecule has 96 valence electrons. The number of hydrogen-bond acceptors (Lipinski definition) is 3. The van der Waals surface area contributed by atoms with Gasteiger partial charge in [-0.05, 0) is 13.8 Å². The second kappa shape index (κ2) is 4.64. The van der Waals surface area contributed by atoms with E-state index in [9.17, 15) is 18.0 Å². The summed E-state index contributed by atoms with van der Waals surface area (Å²) in [5, 5.41) is 5.79. The number of nitrogen functional groups attached to an aromatic ring is 1. The Labute approximate surface area is 95.8 Å². The average molecular weight is 250 g/mol. The quantitative estimate of drug-likeness (QED) is 0.851. The molecular formula is C9H13F3N4O. The van der Waals surface area contributed by atoms with E-state index in [0.717, 1.165) is 0 Å². The normalized spacial score (nSPS) is 11.9. The van der Waals surface area contributed by atoms with Gasteiger partial charge < -0.3 is 10.6 Å². The lowest BCUT2D eigenvalue weighted by molar-refractivity contribution is -0.143. The monoisotopic (exact) mass is 250 g/mol. The minimum Gasteiger partial charge on any atom is -0.382 e. The maximum absolute atomic E-state index is 12.3. The van der Waals surface area contributed by atoms with Crippen LogP contribution in [0.5, 0.6) is 0 Å². The predicted molar refractivity (Wildman–Crippen MR) is 55.2 cm³/mol. The Kier molecular flexibility index (Phi) is 3.64. The van der Waals surface area contributed by atoms with Crippen molar-refractivity contribution in [2.75, 3.05) is 12.3 Å². The van der Waals surface area contributed by atoms with Gasteiger partial charge in [-0.2, -0.15) is 18.3 Å².